The number of carbonyl (C=O) groups excluding carboxylic acids is 3. The van der Waals surface area contributed by atoms with Crippen LogP contribution < -0.4 is 10.6 Å². The number of aromatic hydroxyl groups is 1. The van der Waals surface area contributed by atoms with Crippen LogP contribution in [0.5, 0.6) is 5.75 Å². The standard InChI is InChI=1S/C28H36N4O7/c1-30(2)21-16-12-14-11-13-5-6-17(32(4)15-7-9-31(3)10-8-15)22(33)18(13)23(34)19(14)25(36)28(16,39)26(37)20(24(21)35)27(29)38/h5-6,14-16,21,33-34,37,39H,7-12H2,1-4H3,(H2,29,38)/t14-,16+,21+,28+/m1/s1. The average Bonchev–Trinajstić information content (AvgIpc) is 2.86. The fourth-order valence-corrected chi connectivity index (χ4v) is 7.07. The zero-order chi connectivity index (χ0) is 28.5. The van der Waals surface area contributed by atoms with Crippen molar-refractivity contribution in [3.63, 3.8) is 0 Å². The second-order valence-corrected chi connectivity index (χ2v) is 11.6. The SMILES string of the molecule is CN1CCC(N(C)c2ccc3c(c2O)C(O)=C2C(=O)[C@]4(O)C(O)=C(C(N)=O)C(=O)[C@@H](N(C)C)[C@@H]4C[C@H]2C3)CC1. The van der Waals surface area contributed by atoms with Crippen LogP contribution in [0.2, 0.25) is 0 Å². The smallest absolute Gasteiger partial charge is 0.255 e. The highest BCUT2D eigenvalue weighted by Crippen LogP contribution is 2.53. The van der Waals surface area contributed by atoms with Crippen molar-refractivity contribution in [1.29, 1.82) is 0 Å². The Morgan fingerprint density at radius 2 is 1.74 bits per heavy atom. The van der Waals surface area contributed by atoms with E-state index in [0.29, 0.717) is 11.3 Å². The molecule has 39 heavy (non-hydrogen) atoms. The van der Waals surface area contributed by atoms with Crippen LogP contribution in [0.15, 0.2) is 29.0 Å². The Labute approximate surface area is 226 Å². The first-order valence-corrected chi connectivity index (χ1v) is 13.2. The first-order valence-electron chi connectivity index (χ1n) is 13.2. The van der Waals surface area contributed by atoms with Crippen LogP contribution in [0, 0.1) is 11.8 Å². The lowest BCUT2D eigenvalue weighted by Gasteiger charge is -2.50. The summed E-state index contributed by atoms with van der Waals surface area (Å²) in [6.45, 7) is 1.85. The fraction of sp³-hybridized carbons (Fsp3) is 0.536. The molecule has 1 amide bonds. The topological polar surface area (TPSA) is 168 Å². The first kappa shape index (κ1) is 27.2. The third kappa shape index (κ3) is 3.86. The highest BCUT2D eigenvalue weighted by atomic mass is 16.3. The second-order valence-electron chi connectivity index (χ2n) is 11.6. The molecule has 1 heterocycles. The summed E-state index contributed by atoms with van der Waals surface area (Å²) in [5.74, 6) is -6.40. The fourth-order valence-electron chi connectivity index (χ4n) is 7.07. The molecule has 2 fully saturated rings. The summed E-state index contributed by atoms with van der Waals surface area (Å²) in [5, 5.41) is 45.5. The third-order valence-corrected chi connectivity index (χ3v) is 9.19. The number of primary amides is 1. The molecule has 0 radical (unpaired) electrons. The van der Waals surface area contributed by atoms with Crippen LogP contribution in [0.4, 0.5) is 5.69 Å². The molecule has 1 aromatic rings. The summed E-state index contributed by atoms with van der Waals surface area (Å²) in [5.41, 5.74) is 3.05. The molecule has 4 atom stereocenters. The number of likely N-dealkylation sites (tertiary alicyclic amines) is 1. The predicted molar refractivity (Wildman–Crippen MR) is 143 cm³/mol. The van der Waals surface area contributed by atoms with E-state index >= 15 is 0 Å². The molecule has 5 rings (SSSR count). The number of aliphatic hydroxyl groups excluding tert-OH is 2. The van der Waals surface area contributed by atoms with Gasteiger partial charge in [0.15, 0.2) is 11.4 Å². The average molecular weight is 541 g/mol. The zero-order valence-corrected chi connectivity index (χ0v) is 22.6. The molecular weight excluding hydrogens is 504 g/mol. The predicted octanol–water partition coefficient (Wildman–Crippen LogP) is 0.494. The molecule has 4 aliphatic rings. The number of piperidine rings is 1. The number of phenolic OH excluding ortho intramolecular Hbond substituents is 1. The van der Waals surface area contributed by atoms with Crippen molar-refractivity contribution in [2.75, 3.05) is 46.2 Å². The van der Waals surface area contributed by atoms with Gasteiger partial charge in [0, 0.05) is 24.6 Å². The molecule has 1 saturated heterocycles. The summed E-state index contributed by atoms with van der Waals surface area (Å²) in [6.07, 6.45) is 2.17. The van der Waals surface area contributed by atoms with Crippen LogP contribution in [-0.2, 0) is 20.8 Å². The van der Waals surface area contributed by atoms with Gasteiger partial charge in [0.05, 0.1) is 17.3 Å². The monoisotopic (exact) mass is 540 g/mol. The summed E-state index contributed by atoms with van der Waals surface area (Å²) in [7, 11) is 7.11. The van der Waals surface area contributed by atoms with Gasteiger partial charge < -0.3 is 36.0 Å². The van der Waals surface area contributed by atoms with Crippen molar-refractivity contribution >= 4 is 28.9 Å². The normalized spacial score (nSPS) is 29.8. The number of ketones is 2. The highest BCUT2D eigenvalue weighted by Gasteiger charge is 2.64. The van der Waals surface area contributed by atoms with E-state index in [1.807, 2.05) is 24.1 Å². The maximum absolute atomic E-state index is 14.0. The molecule has 0 bridgehead atoms. The first-order chi connectivity index (χ1) is 18.3. The molecule has 1 saturated carbocycles. The maximum atomic E-state index is 14.0. The quantitative estimate of drug-likeness (QED) is 0.339. The minimum Gasteiger partial charge on any atom is -0.508 e. The summed E-state index contributed by atoms with van der Waals surface area (Å²) in [4.78, 5) is 44.9. The number of carbonyl (C=O) groups is 3. The number of nitrogens with zero attached hydrogens (tertiary/aromatic N) is 3. The third-order valence-electron chi connectivity index (χ3n) is 9.19. The molecule has 6 N–H and O–H groups in total. The number of Topliss-reactive ketones (excluding diaryl/α,β-unsaturated/α-hetero) is 2. The van der Waals surface area contributed by atoms with Gasteiger partial charge in [0.1, 0.15) is 22.8 Å². The molecule has 1 aromatic carbocycles. The number of nitrogens with two attached hydrogens (primary N) is 1. The summed E-state index contributed by atoms with van der Waals surface area (Å²) < 4.78 is 0. The van der Waals surface area contributed by atoms with Crippen LogP contribution in [0.1, 0.15) is 30.4 Å². The Morgan fingerprint density at radius 3 is 2.33 bits per heavy atom. The summed E-state index contributed by atoms with van der Waals surface area (Å²) >= 11 is 0. The minimum atomic E-state index is -2.64. The van der Waals surface area contributed by atoms with Gasteiger partial charge in [-0.25, -0.2) is 0 Å². The van der Waals surface area contributed by atoms with E-state index < -0.39 is 58.0 Å². The highest BCUT2D eigenvalue weighted by molar-refractivity contribution is 6.24. The van der Waals surface area contributed by atoms with Gasteiger partial charge in [0.2, 0.25) is 5.78 Å². The van der Waals surface area contributed by atoms with Crippen molar-refractivity contribution < 1.29 is 34.8 Å². The zero-order valence-electron chi connectivity index (χ0n) is 22.6. The molecule has 11 heteroatoms. The molecule has 0 unspecified atom stereocenters. The lowest BCUT2D eigenvalue weighted by Crippen LogP contribution is -2.65. The van der Waals surface area contributed by atoms with Crippen molar-refractivity contribution in [3.05, 3.63) is 40.2 Å². The molecule has 210 valence electrons. The number of anilines is 1. The van der Waals surface area contributed by atoms with Gasteiger partial charge in [-0.15, -0.1) is 0 Å². The number of hydrogen-bond acceptors (Lipinski definition) is 10. The van der Waals surface area contributed by atoms with Gasteiger partial charge in [-0.3, -0.25) is 19.3 Å². The van der Waals surface area contributed by atoms with E-state index in [1.54, 1.807) is 14.1 Å². The number of rotatable bonds is 4. The number of benzene rings is 1. The number of aliphatic hydroxyl groups is 3. The largest absolute Gasteiger partial charge is 0.508 e. The Balaban J connectivity index is 1.61. The van der Waals surface area contributed by atoms with E-state index in [4.69, 9.17) is 5.73 Å². The van der Waals surface area contributed by atoms with Gasteiger partial charge >= 0.3 is 0 Å². The van der Waals surface area contributed by atoms with Crippen molar-refractivity contribution in [2.45, 2.75) is 43.4 Å². The van der Waals surface area contributed by atoms with Gasteiger partial charge in [-0.2, -0.15) is 0 Å². The van der Waals surface area contributed by atoms with Crippen molar-refractivity contribution in [3.8, 4) is 5.75 Å². The molecule has 11 nitrogen and oxygen atoms in total. The van der Waals surface area contributed by atoms with Gasteiger partial charge in [-0.1, -0.05) is 6.07 Å². The number of hydrogen-bond donors (Lipinski definition) is 5. The molecule has 0 aromatic heterocycles. The van der Waals surface area contributed by atoms with E-state index in [1.165, 1.54) is 4.90 Å². The van der Waals surface area contributed by atoms with E-state index in [0.717, 1.165) is 25.9 Å². The van der Waals surface area contributed by atoms with Crippen LogP contribution in [0.25, 0.3) is 5.76 Å². The van der Waals surface area contributed by atoms with Crippen LogP contribution in [0.3, 0.4) is 0 Å². The number of amides is 1. The lowest BCUT2D eigenvalue weighted by molar-refractivity contribution is -0.153. The maximum Gasteiger partial charge on any atom is 0.255 e. The Kier molecular flexibility index (Phi) is 6.52. The van der Waals surface area contributed by atoms with E-state index in [-0.39, 0.29) is 35.8 Å². The minimum absolute atomic E-state index is 0.0732. The molecular formula is C28H36N4O7. The van der Waals surface area contributed by atoms with Gasteiger partial charge in [0.25, 0.3) is 5.91 Å². The number of likely N-dealkylation sites (N-methyl/N-ethyl adjacent to an activating group) is 1. The van der Waals surface area contributed by atoms with Crippen molar-refractivity contribution in [1.82, 2.24) is 9.80 Å². The van der Waals surface area contributed by atoms with Crippen molar-refractivity contribution in [2.24, 2.45) is 17.6 Å². The summed E-state index contributed by atoms with van der Waals surface area (Å²) in [6, 6.07) is 2.73. The lowest BCUT2D eigenvalue weighted by atomic mass is 9.57. The Hall–Kier alpha value is -3.41. The molecule has 3 aliphatic carbocycles. The second kappa shape index (κ2) is 9.35. The molecule has 1 aliphatic heterocycles. The van der Waals surface area contributed by atoms with Crippen LogP contribution in [-0.4, -0.2) is 107 Å². The Morgan fingerprint density at radius 1 is 1.10 bits per heavy atom. The van der Waals surface area contributed by atoms with E-state index in [9.17, 15) is 34.8 Å². The Bertz CT molecular complexity index is 1330. The number of phenols is 1. The van der Waals surface area contributed by atoms with E-state index in [2.05, 4.69) is 11.9 Å². The molecule has 0 spiro atoms. The van der Waals surface area contributed by atoms with Gasteiger partial charge in [-0.05, 0) is 77.5 Å². The number of fused-ring (bicyclic) bond motifs is 3. The van der Waals surface area contributed by atoms with Crippen LogP contribution >= 0.6 is 0 Å².